The molecule has 0 radical (unpaired) electrons. The molecule has 0 saturated heterocycles. The topological polar surface area (TPSA) is 163 Å². The van der Waals surface area contributed by atoms with E-state index in [-0.39, 0.29) is 0 Å². The van der Waals surface area contributed by atoms with Crippen molar-refractivity contribution in [2.45, 2.75) is 0 Å². The Kier molecular flexibility index (Phi) is 11.2. The molecule has 44 heavy (non-hydrogen) atoms. The van der Waals surface area contributed by atoms with Crippen LogP contribution in [0.5, 0.6) is 11.5 Å². The van der Waals surface area contributed by atoms with Gasteiger partial charge in [-0.05, 0) is 49.6 Å². The summed E-state index contributed by atoms with van der Waals surface area (Å²) in [6, 6.07) is 23.0. The van der Waals surface area contributed by atoms with Gasteiger partial charge in [0.05, 0.1) is 32.2 Å². The second kappa shape index (κ2) is 15.0. The SMILES string of the molecule is COc1ccc2ccccc2c1-c1nc(Cl)cnc1N.COc1ccc2ccccc2c1B(O)O.Nc1ncc(Cl)nc1Br. The van der Waals surface area contributed by atoms with E-state index in [4.69, 9.17) is 44.1 Å². The van der Waals surface area contributed by atoms with Gasteiger partial charge in [-0.25, -0.2) is 19.9 Å². The molecule has 2 aromatic heterocycles. The van der Waals surface area contributed by atoms with E-state index in [1.807, 2.05) is 66.7 Å². The Hall–Kier alpha value is -4.20. The lowest BCUT2D eigenvalue weighted by atomic mass is 9.76. The standard InChI is InChI=1S/C15H12ClN3O.C11H11BO3.C4H3BrClN3/c1-20-11-7-6-9-4-2-3-5-10(9)13(11)14-15(17)18-8-12(16)19-14;1-15-10-7-6-8-4-2-3-5-9(8)11(10)12(13)14;5-3-4(7)8-1-2(6)9-3/h2-8H,1H3,(H2,17,18);2-7,13-14H,1H3;1H,(H2,7,8). The molecule has 0 spiro atoms. The molecule has 6 rings (SSSR count). The number of nitrogens with two attached hydrogens (primary N) is 2. The van der Waals surface area contributed by atoms with Crippen LogP contribution < -0.4 is 26.4 Å². The van der Waals surface area contributed by atoms with E-state index in [1.54, 1.807) is 13.2 Å². The average molecular weight is 696 g/mol. The molecule has 0 unspecified atom stereocenters. The third kappa shape index (κ3) is 7.65. The smallest absolute Gasteiger partial charge is 0.492 e. The van der Waals surface area contributed by atoms with Gasteiger partial charge < -0.3 is 31.0 Å². The fourth-order valence-corrected chi connectivity index (χ4v) is 4.96. The van der Waals surface area contributed by atoms with Crippen molar-refractivity contribution in [3.8, 4) is 22.8 Å². The van der Waals surface area contributed by atoms with Gasteiger partial charge in [0, 0.05) is 5.46 Å². The number of nitrogens with zero attached hydrogens (tertiary/aromatic N) is 4. The van der Waals surface area contributed by atoms with Crippen molar-refractivity contribution in [1.82, 2.24) is 19.9 Å². The zero-order valence-corrected chi connectivity index (χ0v) is 26.5. The molecular weight excluding hydrogens is 670 g/mol. The van der Waals surface area contributed by atoms with E-state index in [2.05, 4.69) is 35.9 Å². The van der Waals surface area contributed by atoms with Crippen LogP contribution in [-0.2, 0) is 0 Å². The third-order valence-electron chi connectivity index (χ3n) is 6.25. The molecule has 10 nitrogen and oxygen atoms in total. The largest absolute Gasteiger partial charge is 0.497 e. The van der Waals surface area contributed by atoms with Crippen LogP contribution in [-0.4, -0.2) is 51.3 Å². The molecule has 4 aromatic carbocycles. The zero-order valence-electron chi connectivity index (χ0n) is 23.4. The van der Waals surface area contributed by atoms with Crippen molar-refractivity contribution in [2.24, 2.45) is 0 Å². The summed E-state index contributed by atoms with van der Waals surface area (Å²) in [5.74, 6) is 1.85. The fourth-order valence-electron chi connectivity index (χ4n) is 4.30. The van der Waals surface area contributed by atoms with Gasteiger partial charge in [-0.2, -0.15) is 0 Å². The number of ether oxygens (including phenoxy) is 2. The molecule has 0 aliphatic heterocycles. The highest BCUT2D eigenvalue weighted by atomic mass is 79.9. The first kappa shape index (κ1) is 32.7. The zero-order chi connectivity index (χ0) is 31.8. The summed E-state index contributed by atoms with van der Waals surface area (Å²) in [6.45, 7) is 0. The number of hydrogen-bond donors (Lipinski definition) is 4. The third-order valence-corrected chi connectivity index (χ3v) is 7.20. The van der Waals surface area contributed by atoms with Crippen LogP contribution >= 0.6 is 39.1 Å². The van der Waals surface area contributed by atoms with E-state index in [9.17, 15) is 10.0 Å². The molecule has 0 saturated carbocycles. The summed E-state index contributed by atoms with van der Waals surface area (Å²) in [4.78, 5) is 15.8. The minimum atomic E-state index is -1.52. The first-order valence-corrected chi connectivity index (χ1v) is 14.4. The number of halogens is 3. The highest BCUT2D eigenvalue weighted by molar-refractivity contribution is 9.10. The molecule has 0 amide bonds. The van der Waals surface area contributed by atoms with Crippen molar-refractivity contribution in [3.05, 3.63) is 100 Å². The normalized spacial score (nSPS) is 10.3. The molecule has 0 atom stereocenters. The Bertz CT molecular complexity index is 1920. The second-order valence-corrected chi connectivity index (χ2v) is 10.5. The van der Waals surface area contributed by atoms with Crippen molar-refractivity contribution in [2.75, 3.05) is 25.7 Å². The number of nitrogen functional groups attached to an aromatic ring is 2. The van der Waals surface area contributed by atoms with E-state index >= 15 is 0 Å². The summed E-state index contributed by atoms with van der Waals surface area (Å²) in [7, 11) is 1.60. The minimum absolute atomic E-state index is 0.296. The number of methoxy groups -OCH3 is 2. The van der Waals surface area contributed by atoms with Crippen LogP contribution in [0, 0.1) is 0 Å². The van der Waals surface area contributed by atoms with Gasteiger partial charge in [0.25, 0.3) is 0 Å². The first-order chi connectivity index (χ1) is 21.1. The number of hydrogen-bond acceptors (Lipinski definition) is 10. The maximum atomic E-state index is 9.31. The van der Waals surface area contributed by atoms with Crippen LogP contribution in [0.15, 0.2) is 89.8 Å². The van der Waals surface area contributed by atoms with Crippen LogP contribution in [0.2, 0.25) is 10.3 Å². The van der Waals surface area contributed by atoms with Crippen LogP contribution in [0.4, 0.5) is 11.6 Å². The number of benzene rings is 4. The average Bonchev–Trinajstić information content (AvgIpc) is 3.03. The lowest BCUT2D eigenvalue weighted by molar-refractivity contribution is 0.404. The van der Waals surface area contributed by atoms with Gasteiger partial charge in [-0.15, -0.1) is 0 Å². The minimum Gasteiger partial charge on any atom is -0.497 e. The molecule has 6 N–H and O–H groups in total. The van der Waals surface area contributed by atoms with Gasteiger partial charge in [0.15, 0.2) is 5.82 Å². The highest BCUT2D eigenvalue weighted by Crippen LogP contribution is 2.38. The summed E-state index contributed by atoms with van der Waals surface area (Å²) >= 11 is 14.5. The molecule has 0 aliphatic rings. The molecular formula is C30H26BBrCl2N6O4. The Morgan fingerprint density at radius 2 is 1.23 bits per heavy atom. The molecule has 0 aliphatic carbocycles. The maximum Gasteiger partial charge on any atom is 0.492 e. The van der Waals surface area contributed by atoms with Crippen LogP contribution in [0.1, 0.15) is 0 Å². The van der Waals surface area contributed by atoms with E-state index < -0.39 is 7.12 Å². The Balaban J connectivity index is 0.000000162. The molecule has 2 heterocycles. The van der Waals surface area contributed by atoms with Crippen molar-refractivity contribution in [1.29, 1.82) is 0 Å². The van der Waals surface area contributed by atoms with Gasteiger partial charge in [-0.3, -0.25) is 0 Å². The fraction of sp³-hybridized carbons (Fsp3) is 0.0667. The van der Waals surface area contributed by atoms with E-state index in [1.165, 1.54) is 19.5 Å². The predicted octanol–water partition coefficient (Wildman–Crippen LogP) is 5.54. The molecule has 14 heteroatoms. The number of aromatic nitrogens is 4. The van der Waals surface area contributed by atoms with Gasteiger partial charge in [0.2, 0.25) is 0 Å². The number of anilines is 2. The molecule has 0 fully saturated rings. The lowest BCUT2D eigenvalue weighted by Crippen LogP contribution is -2.31. The Morgan fingerprint density at radius 3 is 1.80 bits per heavy atom. The highest BCUT2D eigenvalue weighted by Gasteiger charge is 2.20. The van der Waals surface area contributed by atoms with Gasteiger partial charge >= 0.3 is 7.12 Å². The Labute approximate surface area is 271 Å². The summed E-state index contributed by atoms with van der Waals surface area (Å²) < 4.78 is 11.0. The quantitative estimate of drug-likeness (QED) is 0.172. The van der Waals surface area contributed by atoms with Crippen LogP contribution in [0.3, 0.4) is 0 Å². The maximum absolute atomic E-state index is 9.31. The molecule has 224 valence electrons. The summed E-state index contributed by atoms with van der Waals surface area (Å²) in [6.07, 6.45) is 2.82. The Morgan fingerprint density at radius 1 is 0.705 bits per heavy atom. The molecule has 6 aromatic rings. The van der Waals surface area contributed by atoms with E-state index in [0.29, 0.717) is 49.2 Å². The predicted molar refractivity (Wildman–Crippen MR) is 180 cm³/mol. The summed E-state index contributed by atoms with van der Waals surface area (Å²) in [5, 5.41) is 23.1. The lowest BCUT2D eigenvalue weighted by Gasteiger charge is -2.13. The summed E-state index contributed by atoms with van der Waals surface area (Å²) in [5.41, 5.74) is 13.0. The first-order valence-electron chi connectivity index (χ1n) is 12.8. The van der Waals surface area contributed by atoms with Crippen molar-refractivity contribution >= 4 is 84.9 Å². The van der Waals surface area contributed by atoms with Gasteiger partial charge in [0.1, 0.15) is 37.9 Å². The van der Waals surface area contributed by atoms with Crippen molar-refractivity contribution in [3.63, 3.8) is 0 Å². The monoisotopic (exact) mass is 694 g/mol. The van der Waals surface area contributed by atoms with Crippen molar-refractivity contribution < 1.29 is 19.5 Å². The van der Waals surface area contributed by atoms with Crippen LogP contribution in [0.25, 0.3) is 32.8 Å². The number of fused-ring (bicyclic) bond motifs is 2. The van der Waals surface area contributed by atoms with E-state index in [0.717, 1.165) is 27.1 Å². The van der Waals surface area contributed by atoms with Gasteiger partial charge in [-0.1, -0.05) is 83.9 Å². The number of rotatable bonds is 4. The second-order valence-electron chi connectivity index (χ2n) is 8.94. The molecule has 0 bridgehead atoms.